The summed E-state index contributed by atoms with van der Waals surface area (Å²) in [5.41, 5.74) is 2.95. The van der Waals surface area contributed by atoms with Gasteiger partial charge >= 0.3 is 0 Å². The van der Waals surface area contributed by atoms with E-state index < -0.39 is 0 Å². The van der Waals surface area contributed by atoms with E-state index in [-0.39, 0.29) is 5.78 Å². The number of fused-ring (bicyclic) bond motifs is 1. The topological polar surface area (TPSA) is 30.0 Å². The number of pyridine rings is 1. The Kier molecular flexibility index (Phi) is 3.06. The zero-order valence-corrected chi connectivity index (χ0v) is 10.8. The fourth-order valence-corrected chi connectivity index (χ4v) is 2.19. The van der Waals surface area contributed by atoms with Crippen LogP contribution in [0.15, 0.2) is 28.7 Å². The van der Waals surface area contributed by atoms with Crippen molar-refractivity contribution in [3.05, 3.63) is 40.0 Å². The molecule has 2 aromatic rings. The lowest BCUT2D eigenvalue weighted by Crippen LogP contribution is -1.99. The van der Waals surface area contributed by atoms with Crippen molar-refractivity contribution in [2.75, 3.05) is 0 Å². The number of rotatable bonds is 2. The smallest absolute Gasteiger partial charge is 0.134 e. The minimum absolute atomic E-state index is 0.173. The second-order valence-electron chi connectivity index (χ2n) is 3.96. The molecule has 0 spiro atoms. The van der Waals surface area contributed by atoms with Crippen LogP contribution in [0.25, 0.3) is 10.9 Å². The van der Waals surface area contributed by atoms with Gasteiger partial charge < -0.3 is 0 Å². The molecule has 82 valence electrons. The maximum atomic E-state index is 11.2. The summed E-state index contributed by atoms with van der Waals surface area (Å²) in [4.78, 5) is 15.7. The minimum atomic E-state index is 0.173. The molecule has 2 rings (SSSR count). The average Bonchev–Trinajstić information content (AvgIpc) is 2.18. The van der Waals surface area contributed by atoms with Gasteiger partial charge in [0.15, 0.2) is 0 Å². The Balaban J connectivity index is 2.69. The number of aryl methyl sites for hydroxylation is 1. The molecule has 1 heterocycles. The van der Waals surface area contributed by atoms with Gasteiger partial charge in [0, 0.05) is 22.0 Å². The molecule has 0 aliphatic heterocycles. The number of Topliss-reactive ketones (excluding diaryl/α,β-unsaturated/α-hetero) is 1. The Morgan fingerprint density at radius 2 is 2.12 bits per heavy atom. The monoisotopic (exact) mass is 277 g/mol. The standard InChI is InChI=1S/C13H12BrNO/c1-8-5-10(6-9(2)16)12-7-11(14)3-4-13(12)15-8/h3-5,7H,6H2,1-2H3. The van der Waals surface area contributed by atoms with Crippen LogP contribution in [0.3, 0.4) is 0 Å². The predicted molar refractivity (Wildman–Crippen MR) is 68.6 cm³/mol. The number of hydrogen-bond acceptors (Lipinski definition) is 2. The summed E-state index contributed by atoms with van der Waals surface area (Å²) in [6.07, 6.45) is 0.469. The number of benzene rings is 1. The molecule has 2 nitrogen and oxygen atoms in total. The number of halogens is 1. The molecule has 0 unspecified atom stereocenters. The molecule has 1 aromatic carbocycles. The molecular weight excluding hydrogens is 266 g/mol. The van der Waals surface area contributed by atoms with Gasteiger partial charge in [0.25, 0.3) is 0 Å². The molecule has 0 saturated carbocycles. The zero-order valence-electron chi connectivity index (χ0n) is 9.25. The number of aromatic nitrogens is 1. The van der Waals surface area contributed by atoms with E-state index in [1.807, 2.05) is 31.2 Å². The third-order valence-corrected chi connectivity index (χ3v) is 2.92. The van der Waals surface area contributed by atoms with Gasteiger partial charge in [-0.3, -0.25) is 9.78 Å². The van der Waals surface area contributed by atoms with Crippen LogP contribution < -0.4 is 0 Å². The van der Waals surface area contributed by atoms with E-state index in [4.69, 9.17) is 0 Å². The second-order valence-corrected chi connectivity index (χ2v) is 4.88. The van der Waals surface area contributed by atoms with Crippen molar-refractivity contribution in [3.8, 4) is 0 Å². The summed E-state index contributed by atoms with van der Waals surface area (Å²) in [5, 5.41) is 1.05. The maximum absolute atomic E-state index is 11.2. The Labute approximate surface area is 103 Å². The van der Waals surface area contributed by atoms with Crippen LogP contribution in [-0.4, -0.2) is 10.8 Å². The van der Waals surface area contributed by atoms with Gasteiger partial charge in [0.1, 0.15) is 5.78 Å². The molecule has 0 bridgehead atoms. The Morgan fingerprint density at radius 3 is 2.81 bits per heavy atom. The summed E-state index contributed by atoms with van der Waals surface area (Å²) in [6, 6.07) is 7.93. The highest BCUT2D eigenvalue weighted by Gasteiger charge is 2.06. The molecule has 0 fully saturated rings. The second kappa shape index (κ2) is 4.34. The normalized spacial score (nSPS) is 10.7. The average molecular weight is 278 g/mol. The summed E-state index contributed by atoms with van der Waals surface area (Å²) < 4.78 is 1.01. The van der Waals surface area contributed by atoms with Crippen molar-refractivity contribution in [2.45, 2.75) is 20.3 Å². The van der Waals surface area contributed by atoms with Crippen molar-refractivity contribution >= 4 is 32.6 Å². The molecule has 0 aliphatic rings. The summed E-state index contributed by atoms with van der Waals surface area (Å²) in [7, 11) is 0. The molecule has 16 heavy (non-hydrogen) atoms. The van der Waals surface area contributed by atoms with Crippen LogP contribution in [-0.2, 0) is 11.2 Å². The fourth-order valence-electron chi connectivity index (χ4n) is 1.83. The lowest BCUT2D eigenvalue weighted by Gasteiger charge is -2.06. The van der Waals surface area contributed by atoms with Crippen molar-refractivity contribution in [3.63, 3.8) is 0 Å². The quantitative estimate of drug-likeness (QED) is 0.842. The predicted octanol–water partition coefficient (Wildman–Crippen LogP) is 3.44. The molecule has 0 amide bonds. The van der Waals surface area contributed by atoms with Crippen LogP contribution in [0.1, 0.15) is 18.2 Å². The highest BCUT2D eigenvalue weighted by atomic mass is 79.9. The minimum Gasteiger partial charge on any atom is -0.300 e. The molecule has 0 radical (unpaired) electrons. The third kappa shape index (κ3) is 2.30. The molecule has 0 saturated heterocycles. The number of nitrogens with zero attached hydrogens (tertiary/aromatic N) is 1. The Morgan fingerprint density at radius 1 is 1.38 bits per heavy atom. The molecule has 0 aliphatic carbocycles. The van der Waals surface area contributed by atoms with E-state index >= 15 is 0 Å². The van der Waals surface area contributed by atoms with Crippen LogP contribution in [0.4, 0.5) is 0 Å². The lowest BCUT2D eigenvalue weighted by atomic mass is 10.0. The summed E-state index contributed by atoms with van der Waals surface area (Å²) >= 11 is 3.44. The molecule has 1 aromatic heterocycles. The van der Waals surface area contributed by atoms with E-state index in [1.165, 1.54) is 0 Å². The van der Waals surface area contributed by atoms with E-state index in [2.05, 4.69) is 20.9 Å². The first-order chi connectivity index (χ1) is 7.56. The number of ketones is 1. The molecular formula is C13H12BrNO. The maximum Gasteiger partial charge on any atom is 0.134 e. The van der Waals surface area contributed by atoms with Crippen molar-refractivity contribution in [1.82, 2.24) is 4.98 Å². The van der Waals surface area contributed by atoms with E-state index in [0.717, 1.165) is 26.6 Å². The first-order valence-electron chi connectivity index (χ1n) is 5.11. The van der Waals surface area contributed by atoms with Crippen LogP contribution in [0, 0.1) is 6.92 Å². The molecule has 0 atom stereocenters. The molecule has 3 heteroatoms. The lowest BCUT2D eigenvalue weighted by molar-refractivity contribution is -0.116. The van der Waals surface area contributed by atoms with Gasteiger partial charge in [-0.2, -0.15) is 0 Å². The fraction of sp³-hybridized carbons (Fsp3) is 0.231. The Hall–Kier alpha value is -1.22. The van der Waals surface area contributed by atoms with Gasteiger partial charge in [0.05, 0.1) is 5.52 Å². The van der Waals surface area contributed by atoms with Gasteiger partial charge in [-0.25, -0.2) is 0 Å². The summed E-state index contributed by atoms with van der Waals surface area (Å²) in [6.45, 7) is 3.56. The number of hydrogen-bond donors (Lipinski definition) is 0. The van der Waals surface area contributed by atoms with Crippen molar-refractivity contribution in [1.29, 1.82) is 0 Å². The third-order valence-electron chi connectivity index (χ3n) is 2.42. The van der Waals surface area contributed by atoms with E-state index in [1.54, 1.807) is 6.92 Å². The SMILES string of the molecule is CC(=O)Cc1cc(C)nc2ccc(Br)cc12. The zero-order chi connectivity index (χ0) is 11.7. The van der Waals surface area contributed by atoms with Gasteiger partial charge in [-0.15, -0.1) is 0 Å². The first kappa shape index (κ1) is 11.3. The highest BCUT2D eigenvalue weighted by Crippen LogP contribution is 2.23. The summed E-state index contributed by atoms with van der Waals surface area (Å²) in [5.74, 6) is 0.173. The van der Waals surface area contributed by atoms with Crippen LogP contribution in [0.5, 0.6) is 0 Å². The Bertz CT molecular complexity index is 563. The number of carbonyl (C=O) groups excluding carboxylic acids is 1. The van der Waals surface area contributed by atoms with Gasteiger partial charge in [0.2, 0.25) is 0 Å². The van der Waals surface area contributed by atoms with Crippen LogP contribution >= 0.6 is 15.9 Å². The van der Waals surface area contributed by atoms with Gasteiger partial charge in [-0.05, 0) is 43.7 Å². The number of carbonyl (C=O) groups is 1. The largest absolute Gasteiger partial charge is 0.300 e. The first-order valence-corrected chi connectivity index (χ1v) is 5.91. The van der Waals surface area contributed by atoms with Crippen molar-refractivity contribution < 1.29 is 4.79 Å². The molecule has 0 N–H and O–H groups in total. The van der Waals surface area contributed by atoms with Crippen molar-refractivity contribution in [2.24, 2.45) is 0 Å². The van der Waals surface area contributed by atoms with E-state index in [0.29, 0.717) is 6.42 Å². The van der Waals surface area contributed by atoms with E-state index in [9.17, 15) is 4.79 Å². The van der Waals surface area contributed by atoms with Gasteiger partial charge in [-0.1, -0.05) is 15.9 Å². The van der Waals surface area contributed by atoms with Crippen LogP contribution in [0.2, 0.25) is 0 Å². The highest BCUT2D eigenvalue weighted by molar-refractivity contribution is 9.10.